The molecule has 0 saturated carbocycles. The van der Waals surface area contributed by atoms with Crippen molar-refractivity contribution in [2.75, 3.05) is 26.3 Å². The Morgan fingerprint density at radius 3 is 3.05 bits per heavy atom. The monoisotopic (exact) mass is 303 g/mol. The fourth-order valence-corrected chi connectivity index (χ4v) is 2.62. The minimum atomic E-state index is -2.43. The summed E-state index contributed by atoms with van der Waals surface area (Å²) >= 11 is 0. The van der Waals surface area contributed by atoms with E-state index >= 15 is 0 Å². The summed E-state index contributed by atoms with van der Waals surface area (Å²) in [7, 11) is 0. The number of halogens is 2. The van der Waals surface area contributed by atoms with Crippen molar-refractivity contribution in [3.05, 3.63) is 11.7 Å². The van der Waals surface area contributed by atoms with Gasteiger partial charge in [0.25, 0.3) is 6.43 Å². The van der Waals surface area contributed by atoms with Gasteiger partial charge in [-0.3, -0.25) is 0 Å². The SMILES string of the molecule is CC(Cc1nc(CCOCC(F)F)no1)C1CCCNC1. The Balaban J connectivity index is 1.71. The van der Waals surface area contributed by atoms with Gasteiger partial charge in [0.05, 0.1) is 6.61 Å². The van der Waals surface area contributed by atoms with Crippen molar-refractivity contribution >= 4 is 0 Å². The summed E-state index contributed by atoms with van der Waals surface area (Å²) < 4.78 is 33.8. The van der Waals surface area contributed by atoms with Crippen LogP contribution in [-0.2, 0) is 17.6 Å². The average Bonchev–Trinajstić information content (AvgIpc) is 2.92. The second-order valence-electron chi connectivity index (χ2n) is 5.61. The molecule has 5 nitrogen and oxygen atoms in total. The molecule has 2 heterocycles. The van der Waals surface area contributed by atoms with Gasteiger partial charge < -0.3 is 14.6 Å². The van der Waals surface area contributed by atoms with Gasteiger partial charge in [-0.05, 0) is 37.8 Å². The molecule has 0 radical (unpaired) electrons. The molecule has 1 aliphatic rings. The zero-order valence-corrected chi connectivity index (χ0v) is 12.4. The van der Waals surface area contributed by atoms with Crippen LogP contribution in [0.1, 0.15) is 31.5 Å². The van der Waals surface area contributed by atoms with Crippen molar-refractivity contribution in [1.29, 1.82) is 0 Å². The maximum absolute atomic E-state index is 11.9. The van der Waals surface area contributed by atoms with Gasteiger partial charge in [-0.15, -0.1) is 0 Å². The molecule has 1 aromatic rings. The molecule has 1 fully saturated rings. The third-order valence-corrected chi connectivity index (χ3v) is 3.86. The summed E-state index contributed by atoms with van der Waals surface area (Å²) in [6, 6.07) is 0. The molecule has 1 N–H and O–H groups in total. The normalized spacial score (nSPS) is 20.9. The van der Waals surface area contributed by atoms with Crippen LogP contribution in [0.15, 0.2) is 4.52 Å². The maximum Gasteiger partial charge on any atom is 0.261 e. The number of piperidine rings is 1. The van der Waals surface area contributed by atoms with E-state index in [-0.39, 0.29) is 6.61 Å². The number of ether oxygens (including phenoxy) is 1. The van der Waals surface area contributed by atoms with Crippen LogP contribution >= 0.6 is 0 Å². The maximum atomic E-state index is 11.9. The zero-order chi connectivity index (χ0) is 15.1. The van der Waals surface area contributed by atoms with Crippen LogP contribution in [0.2, 0.25) is 0 Å². The van der Waals surface area contributed by atoms with E-state index in [1.165, 1.54) is 12.8 Å². The number of hydrogen-bond acceptors (Lipinski definition) is 5. The smallest absolute Gasteiger partial charge is 0.261 e. The molecule has 2 unspecified atom stereocenters. The van der Waals surface area contributed by atoms with Gasteiger partial charge in [0.1, 0.15) is 6.61 Å². The molecule has 0 aromatic carbocycles. The van der Waals surface area contributed by atoms with Crippen molar-refractivity contribution in [3.63, 3.8) is 0 Å². The molecule has 1 aliphatic heterocycles. The van der Waals surface area contributed by atoms with Crippen LogP contribution in [0.4, 0.5) is 8.78 Å². The minimum Gasteiger partial charge on any atom is -0.375 e. The van der Waals surface area contributed by atoms with E-state index in [0.29, 0.717) is 30.0 Å². The van der Waals surface area contributed by atoms with Crippen LogP contribution in [0.5, 0.6) is 0 Å². The fraction of sp³-hybridized carbons (Fsp3) is 0.857. The minimum absolute atomic E-state index is 0.186. The van der Waals surface area contributed by atoms with Crippen molar-refractivity contribution in [3.8, 4) is 0 Å². The largest absolute Gasteiger partial charge is 0.375 e. The lowest BCUT2D eigenvalue weighted by Gasteiger charge is -2.27. The Hall–Kier alpha value is -1.08. The fourth-order valence-electron chi connectivity index (χ4n) is 2.62. The molecule has 7 heteroatoms. The molecule has 0 amide bonds. The number of hydrogen-bond donors (Lipinski definition) is 1. The van der Waals surface area contributed by atoms with Crippen LogP contribution < -0.4 is 5.32 Å². The first-order chi connectivity index (χ1) is 10.1. The Labute approximate surface area is 123 Å². The van der Waals surface area contributed by atoms with E-state index in [2.05, 4.69) is 22.4 Å². The standard InChI is InChI=1S/C14H23F2N3O2/c1-10(11-3-2-5-17-8-11)7-14-18-13(19-21-14)4-6-20-9-12(15)16/h10-12,17H,2-9H2,1H3. The first kappa shape index (κ1) is 16.3. The first-order valence-electron chi connectivity index (χ1n) is 7.53. The highest BCUT2D eigenvalue weighted by molar-refractivity contribution is 4.89. The van der Waals surface area contributed by atoms with E-state index in [1.807, 2.05) is 0 Å². The molecule has 2 atom stereocenters. The number of nitrogens with zero attached hydrogens (tertiary/aromatic N) is 2. The van der Waals surface area contributed by atoms with Gasteiger partial charge in [0.15, 0.2) is 5.82 Å². The lowest BCUT2D eigenvalue weighted by Crippen LogP contribution is -2.33. The van der Waals surface area contributed by atoms with Crippen LogP contribution in [0.3, 0.4) is 0 Å². The lowest BCUT2D eigenvalue weighted by molar-refractivity contribution is 0.0182. The Bertz CT molecular complexity index is 409. The Kier molecular flexibility index (Phi) is 6.50. The molecule has 0 bridgehead atoms. The molecule has 120 valence electrons. The number of nitrogens with one attached hydrogen (secondary N) is 1. The van der Waals surface area contributed by atoms with Gasteiger partial charge in [-0.1, -0.05) is 12.1 Å². The number of rotatable bonds is 8. The average molecular weight is 303 g/mol. The van der Waals surface area contributed by atoms with Gasteiger partial charge in [0.2, 0.25) is 5.89 Å². The van der Waals surface area contributed by atoms with Crippen molar-refractivity contribution in [2.24, 2.45) is 11.8 Å². The number of aromatic nitrogens is 2. The van der Waals surface area contributed by atoms with E-state index in [1.54, 1.807) is 0 Å². The molecule has 2 rings (SSSR count). The van der Waals surface area contributed by atoms with E-state index in [9.17, 15) is 8.78 Å². The second-order valence-corrected chi connectivity index (χ2v) is 5.61. The quantitative estimate of drug-likeness (QED) is 0.745. The summed E-state index contributed by atoms with van der Waals surface area (Å²) in [5.41, 5.74) is 0. The molecule has 0 spiro atoms. The summed E-state index contributed by atoms with van der Waals surface area (Å²) in [6.45, 7) is 3.99. The van der Waals surface area contributed by atoms with Crippen molar-refractivity contribution in [1.82, 2.24) is 15.5 Å². The molecule has 1 saturated heterocycles. The third kappa shape index (κ3) is 5.67. The molecular weight excluding hydrogens is 280 g/mol. The van der Waals surface area contributed by atoms with E-state index in [0.717, 1.165) is 19.5 Å². The van der Waals surface area contributed by atoms with Gasteiger partial charge >= 0.3 is 0 Å². The van der Waals surface area contributed by atoms with Gasteiger partial charge in [0, 0.05) is 12.8 Å². The summed E-state index contributed by atoms with van der Waals surface area (Å²) in [6.07, 6.45) is 1.17. The van der Waals surface area contributed by atoms with Gasteiger partial charge in [-0.2, -0.15) is 4.98 Å². The molecule has 21 heavy (non-hydrogen) atoms. The van der Waals surface area contributed by atoms with E-state index in [4.69, 9.17) is 9.26 Å². The van der Waals surface area contributed by atoms with Crippen molar-refractivity contribution in [2.45, 2.75) is 39.0 Å². The topological polar surface area (TPSA) is 60.2 Å². The summed E-state index contributed by atoms with van der Waals surface area (Å²) in [5, 5.41) is 7.27. The van der Waals surface area contributed by atoms with Crippen molar-refractivity contribution < 1.29 is 18.0 Å². The number of alkyl halides is 2. The van der Waals surface area contributed by atoms with Crippen LogP contribution in [0.25, 0.3) is 0 Å². The first-order valence-corrected chi connectivity index (χ1v) is 7.53. The predicted octanol–water partition coefficient (Wildman–Crippen LogP) is 2.07. The molecular formula is C14H23F2N3O2. The molecule has 0 aliphatic carbocycles. The zero-order valence-electron chi connectivity index (χ0n) is 12.4. The van der Waals surface area contributed by atoms with Crippen LogP contribution in [0, 0.1) is 11.8 Å². The highest BCUT2D eigenvalue weighted by Gasteiger charge is 2.22. The Morgan fingerprint density at radius 2 is 2.33 bits per heavy atom. The summed E-state index contributed by atoms with van der Waals surface area (Å²) in [5.74, 6) is 2.27. The predicted molar refractivity (Wildman–Crippen MR) is 73.3 cm³/mol. The highest BCUT2D eigenvalue weighted by Crippen LogP contribution is 2.22. The lowest BCUT2D eigenvalue weighted by atomic mass is 9.85. The van der Waals surface area contributed by atoms with Crippen LogP contribution in [-0.4, -0.2) is 42.9 Å². The molecule has 1 aromatic heterocycles. The highest BCUT2D eigenvalue weighted by atomic mass is 19.3. The van der Waals surface area contributed by atoms with Gasteiger partial charge in [-0.25, -0.2) is 8.78 Å². The summed E-state index contributed by atoms with van der Waals surface area (Å²) in [4.78, 5) is 4.30. The third-order valence-electron chi connectivity index (χ3n) is 3.86. The second kappa shape index (κ2) is 8.38. The van der Waals surface area contributed by atoms with E-state index < -0.39 is 13.0 Å². The Morgan fingerprint density at radius 1 is 1.48 bits per heavy atom.